The molecule has 106 valence electrons. The summed E-state index contributed by atoms with van der Waals surface area (Å²) in [5.41, 5.74) is 0. The lowest BCUT2D eigenvalue weighted by Crippen LogP contribution is -2.41. The van der Waals surface area contributed by atoms with Crippen LogP contribution in [-0.2, 0) is 10.0 Å². The van der Waals surface area contributed by atoms with Gasteiger partial charge < -0.3 is 5.32 Å². The molecule has 4 nitrogen and oxygen atoms in total. The van der Waals surface area contributed by atoms with Crippen molar-refractivity contribution in [3.8, 4) is 0 Å². The van der Waals surface area contributed by atoms with Gasteiger partial charge in [0.15, 0.2) is 5.82 Å². The van der Waals surface area contributed by atoms with Crippen LogP contribution >= 0.6 is 11.6 Å². The molecule has 1 saturated heterocycles. The van der Waals surface area contributed by atoms with Gasteiger partial charge in [-0.2, -0.15) is 4.31 Å². The largest absolute Gasteiger partial charge is 0.318 e. The van der Waals surface area contributed by atoms with Gasteiger partial charge in [-0.05, 0) is 32.0 Å². The molecule has 0 aliphatic carbocycles. The van der Waals surface area contributed by atoms with E-state index in [4.69, 9.17) is 11.6 Å². The van der Waals surface area contributed by atoms with E-state index in [1.807, 2.05) is 0 Å². The Morgan fingerprint density at radius 1 is 1.53 bits per heavy atom. The molecule has 0 bridgehead atoms. The highest BCUT2D eigenvalue weighted by Gasteiger charge is 2.36. The van der Waals surface area contributed by atoms with Gasteiger partial charge >= 0.3 is 0 Å². The summed E-state index contributed by atoms with van der Waals surface area (Å²) in [6.45, 7) is 0.974. The van der Waals surface area contributed by atoms with Crippen molar-refractivity contribution in [3.63, 3.8) is 0 Å². The molecule has 0 radical (unpaired) electrons. The fourth-order valence-electron chi connectivity index (χ4n) is 2.37. The van der Waals surface area contributed by atoms with Gasteiger partial charge in [-0.1, -0.05) is 17.7 Å². The van der Waals surface area contributed by atoms with E-state index < -0.39 is 15.8 Å². The molecule has 1 unspecified atom stereocenters. The van der Waals surface area contributed by atoms with E-state index in [2.05, 4.69) is 5.32 Å². The normalized spacial score (nSPS) is 20.9. The van der Waals surface area contributed by atoms with Crippen LogP contribution in [0.25, 0.3) is 0 Å². The molecule has 0 saturated carbocycles. The minimum Gasteiger partial charge on any atom is -0.318 e. The zero-order valence-electron chi connectivity index (χ0n) is 10.6. The standard InChI is InChI=1S/C12H16ClFN2O2S/c1-15-8-9-4-3-7-16(9)19(17,18)11-6-2-5-10(13)12(11)14/h2,5-6,9,15H,3-4,7-8H2,1H3. The Morgan fingerprint density at radius 3 is 2.95 bits per heavy atom. The van der Waals surface area contributed by atoms with Gasteiger partial charge in [0.1, 0.15) is 4.90 Å². The van der Waals surface area contributed by atoms with E-state index in [9.17, 15) is 12.8 Å². The van der Waals surface area contributed by atoms with E-state index in [1.54, 1.807) is 7.05 Å². The molecule has 1 aliphatic rings. The van der Waals surface area contributed by atoms with Gasteiger partial charge in [-0.3, -0.25) is 0 Å². The third kappa shape index (κ3) is 2.76. The summed E-state index contributed by atoms with van der Waals surface area (Å²) in [6.07, 6.45) is 1.57. The number of hydrogen-bond acceptors (Lipinski definition) is 3. The molecule has 1 fully saturated rings. The molecule has 2 rings (SSSR count). The van der Waals surface area contributed by atoms with Gasteiger partial charge in [-0.25, -0.2) is 12.8 Å². The maximum absolute atomic E-state index is 13.9. The second-order valence-corrected chi connectivity index (χ2v) is 6.79. The maximum Gasteiger partial charge on any atom is 0.246 e. The fourth-order valence-corrected chi connectivity index (χ4v) is 4.39. The lowest BCUT2D eigenvalue weighted by atomic mass is 10.2. The summed E-state index contributed by atoms with van der Waals surface area (Å²) in [6, 6.07) is 3.91. The van der Waals surface area contributed by atoms with Crippen LogP contribution in [0.15, 0.2) is 23.1 Å². The van der Waals surface area contributed by atoms with Gasteiger partial charge in [0, 0.05) is 19.1 Å². The predicted octanol–water partition coefficient (Wildman–Crippen LogP) is 1.85. The number of benzene rings is 1. The highest BCUT2D eigenvalue weighted by molar-refractivity contribution is 7.89. The van der Waals surface area contributed by atoms with Crippen molar-refractivity contribution in [3.05, 3.63) is 29.0 Å². The molecular formula is C12H16ClFN2O2S. The average molecular weight is 307 g/mol. The number of halogens is 2. The summed E-state index contributed by atoms with van der Waals surface area (Å²) in [4.78, 5) is -0.344. The molecular weight excluding hydrogens is 291 g/mol. The third-order valence-electron chi connectivity index (χ3n) is 3.27. The van der Waals surface area contributed by atoms with Crippen LogP contribution in [0.1, 0.15) is 12.8 Å². The maximum atomic E-state index is 13.9. The third-order valence-corrected chi connectivity index (χ3v) is 5.53. The first-order chi connectivity index (χ1) is 8.98. The van der Waals surface area contributed by atoms with Gasteiger partial charge in [0.2, 0.25) is 10.0 Å². The van der Waals surface area contributed by atoms with Crippen LogP contribution in [-0.4, -0.2) is 38.9 Å². The highest BCUT2D eigenvalue weighted by Crippen LogP contribution is 2.29. The highest BCUT2D eigenvalue weighted by atomic mass is 35.5. The van der Waals surface area contributed by atoms with Crippen LogP contribution in [0.2, 0.25) is 5.02 Å². The first-order valence-corrected chi connectivity index (χ1v) is 7.90. The number of sulfonamides is 1. The second kappa shape index (κ2) is 5.75. The Kier molecular flexibility index (Phi) is 4.45. The van der Waals surface area contributed by atoms with E-state index in [-0.39, 0.29) is 16.0 Å². The van der Waals surface area contributed by atoms with Crippen molar-refractivity contribution in [1.29, 1.82) is 0 Å². The Bertz CT molecular complexity index is 565. The lowest BCUT2D eigenvalue weighted by molar-refractivity contribution is 0.377. The Labute approximate surface area is 117 Å². The summed E-state index contributed by atoms with van der Waals surface area (Å²) in [5.74, 6) is -0.876. The molecule has 1 heterocycles. The minimum atomic E-state index is -3.83. The molecule has 19 heavy (non-hydrogen) atoms. The van der Waals surface area contributed by atoms with Crippen LogP contribution < -0.4 is 5.32 Å². The van der Waals surface area contributed by atoms with E-state index >= 15 is 0 Å². The molecule has 1 aromatic carbocycles. The van der Waals surface area contributed by atoms with Crippen molar-refractivity contribution in [2.24, 2.45) is 0 Å². The van der Waals surface area contributed by atoms with Crippen LogP contribution in [0.5, 0.6) is 0 Å². The van der Waals surface area contributed by atoms with E-state index in [0.29, 0.717) is 13.1 Å². The smallest absolute Gasteiger partial charge is 0.246 e. The molecule has 0 aromatic heterocycles. The molecule has 1 aromatic rings. The molecule has 1 atom stereocenters. The van der Waals surface area contributed by atoms with Crippen molar-refractivity contribution < 1.29 is 12.8 Å². The topological polar surface area (TPSA) is 49.4 Å². The lowest BCUT2D eigenvalue weighted by Gasteiger charge is -2.24. The van der Waals surface area contributed by atoms with Gasteiger partial charge in [0.25, 0.3) is 0 Å². The second-order valence-electron chi connectivity index (χ2n) is 4.52. The summed E-state index contributed by atoms with van der Waals surface area (Å²) in [5, 5.41) is 2.79. The predicted molar refractivity (Wildman–Crippen MR) is 72.3 cm³/mol. The fraction of sp³-hybridized carbons (Fsp3) is 0.500. The summed E-state index contributed by atoms with van der Waals surface area (Å²) in [7, 11) is -2.06. The van der Waals surface area contributed by atoms with Crippen LogP contribution in [0, 0.1) is 5.82 Å². The Balaban J connectivity index is 2.39. The van der Waals surface area contributed by atoms with Crippen molar-refractivity contribution in [2.75, 3.05) is 20.1 Å². The van der Waals surface area contributed by atoms with E-state index in [1.165, 1.54) is 22.5 Å². The Morgan fingerprint density at radius 2 is 2.26 bits per heavy atom. The number of hydrogen-bond donors (Lipinski definition) is 1. The van der Waals surface area contributed by atoms with Crippen molar-refractivity contribution in [1.82, 2.24) is 9.62 Å². The molecule has 7 heteroatoms. The van der Waals surface area contributed by atoms with E-state index in [0.717, 1.165) is 12.8 Å². The minimum absolute atomic E-state index is 0.131. The van der Waals surface area contributed by atoms with Crippen LogP contribution in [0.4, 0.5) is 4.39 Å². The first-order valence-electron chi connectivity index (χ1n) is 6.09. The first kappa shape index (κ1) is 14.7. The van der Waals surface area contributed by atoms with Crippen molar-refractivity contribution in [2.45, 2.75) is 23.8 Å². The zero-order chi connectivity index (χ0) is 14.0. The summed E-state index contributed by atoms with van der Waals surface area (Å²) >= 11 is 5.65. The molecule has 0 spiro atoms. The average Bonchev–Trinajstić information content (AvgIpc) is 2.82. The van der Waals surface area contributed by atoms with Gasteiger partial charge in [0.05, 0.1) is 5.02 Å². The molecule has 1 N–H and O–H groups in total. The zero-order valence-corrected chi connectivity index (χ0v) is 12.1. The number of nitrogens with one attached hydrogen (secondary N) is 1. The SMILES string of the molecule is CNCC1CCCN1S(=O)(=O)c1cccc(Cl)c1F. The molecule has 0 amide bonds. The molecule has 1 aliphatic heterocycles. The summed E-state index contributed by atoms with van der Waals surface area (Å²) < 4.78 is 40.3. The number of likely N-dealkylation sites (N-methyl/N-ethyl adjacent to an activating group) is 1. The van der Waals surface area contributed by atoms with Crippen molar-refractivity contribution >= 4 is 21.6 Å². The Hall–Kier alpha value is -0.690. The van der Waals surface area contributed by atoms with Gasteiger partial charge in [-0.15, -0.1) is 0 Å². The quantitative estimate of drug-likeness (QED) is 0.923. The van der Waals surface area contributed by atoms with Crippen LogP contribution in [0.3, 0.4) is 0 Å². The number of nitrogens with zero attached hydrogens (tertiary/aromatic N) is 1. The monoisotopic (exact) mass is 306 g/mol. The number of rotatable bonds is 4.